The van der Waals surface area contributed by atoms with Crippen molar-refractivity contribution < 1.29 is 28.1 Å². The van der Waals surface area contributed by atoms with Gasteiger partial charge in [0.15, 0.2) is 11.5 Å². The number of carbonyl (C=O) groups excluding carboxylic acids is 1. The summed E-state index contributed by atoms with van der Waals surface area (Å²) in [7, 11) is 4.62. The van der Waals surface area contributed by atoms with Crippen LogP contribution in [0.1, 0.15) is 24.1 Å². The van der Waals surface area contributed by atoms with Crippen LogP contribution in [0.5, 0.6) is 23.0 Å². The molecule has 11 heteroatoms. The lowest BCUT2D eigenvalue weighted by molar-refractivity contribution is -0.113. The molecule has 40 heavy (non-hydrogen) atoms. The highest BCUT2D eigenvalue weighted by Crippen LogP contribution is 2.39. The fraction of sp³-hybridized carbons (Fsp3) is 0.207. The van der Waals surface area contributed by atoms with Crippen LogP contribution >= 0.6 is 0 Å². The van der Waals surface area contributed by atoms with E-state index in [-0.39, 0.29) is 18.3 Å². The molecule has 10 nitrogen and oxygen atoms in total. The summed E-state index contributed by atoms with van der Waals surface area (Å²) < 4.78 is 37.2. The number of anilines is 2. The van der Waals surface area contributed by atoms with Crippen molar-refractivity contribution in [3.05, 3.63) is 95.2 Å². The Morgan fingerprint density at radius 3 is 2.48 bits per heavy atom. The fourth-order valence-electron chi connectivity index (χ4n) is 4.50. The molecule has 1 aromatic heterocycles. The van der Waals surface area contributed by atoms with Gasteiger partial charge in [-0.05, 0) is 54.4 Å². The zero-order valence-corrected chi connectivity index (χ0v) is 22.4. The number of amides is 1. The van der Waals surface area contributed by atoms with Crippen LogP contribution in [0.25, 0.3) is 0 Å². The molecule has 1 amide bonds. The predicted molar refractivity (Wildman–Crippen MR) is 146 cm³/mol. The van der Waals surface area contributed by atoms with Gasteiger partial charge >= 0.3 is 0 Å². The molecular formula is C29H28FN5O5. The zero-order valence-electron chi connectivity index (χ0n) is 22.4. The second-order valence-corrected chi connectivity index (χ2v) is 8.94. The van der Waals surface area contributed by atoms with E-state index in [1.165, 1.54) is 32.7 Å². The maximum absolute atomic E-state index is 13.8. The molecule has 2 heterocycles. The lowest BCUT2D eigenvalue weighted by Gasteiger charge is -2.29. The molecule has 1 atom stereocenters. The van der Waals surface area contributed by atoms with Crippen molar-refractivity contribution >= 4 is 17.5 Å². The molecule has 0 saturated heterocycles. The van der Waals surface area contributed by atoms with Crippen molar-refractivity contribution in [1.82, 2.24) is 14.8 Å². The summed E-state index contributed by atoms with van der Waals surface area (Å²) in [6, 6.07) is 16.0. The summed E-state index contributed by atoms with van der Waals surface area (Å²) in [6.45, 7) is 2.04. The minimum atomic E-state index is -0.622. The first-order valence-corrected chi connectivity index (χ1v) is 12.4. The van der Waals surface area contributed by atoms with E-state index in [2.05, 4.69) is 20.7 Å². The van der Waals surface area contributed by atoms with Crippen LogP contribution < -0.4 is 29.6 Å². The number of halogens is 1. The lowest BCUT2D eigenvalue weighted by atomic mass is 9.94. The summed E-state index contributed by atoms with van der Waals surface area (Å²) in [5.74, 6) is 1.85. The average molecular weight is 546 g/mol. The van der Waals surface area contributed by atoms with E-state index in [0.29, 0.717) is 45.9 Å². The molecule has 0 fully saturated rings. The molecule has 5 rings (SSSR count). The molecule has 1 aliphatic rings. The largest absolute Gasteiger partial charge is 0.497 e. The van der Waals surface area contributed by atoms with E-state index in [4.69, 9.17) is 18.9 Å². The summed E-state index contributed by atoms with van der Waals surface area (Å²) in [4.78, 5) is 18.1. The lowest BCUT2D eigenvalue weighted by Crippen LogP contribution is -2.31. The number of hydrogen-bond acceptors (Lipinski definition) is 8. The topological polar surface area (TPSA) is 109 Å². The van der Waals surface area contributed by atoms with Gasteiger partial charge in [0.05, 0.1) is 32.6 Å². The van der Waals surface area contributed by atoms with Crippen molar-refractivity contribution in [2.24, 2.45) is 0 Å². The molecule has 0 bridgehead atoms. The van der Waals surface area contributed by atoms with E-state index in [0.717, 1.165) is 11.1 Å². The minimum Gasteiger partial charge on any atom is -0.497 e. The van der Waals surface area contributed by atoms with Crippen LogP contribution in [0.2, 0.25) is 0 Å². The van der Waals surface area contributed by atoms with Crippen molar-refractivity contribution in [2.45, 2.75) is 19.6 Å². The van der Waals surface area contributed by atoms with Crippen molar-refractivity contribution in [2.75, 3.05) is 32.0 Å². The number of allylic oxidation sites excluding steroid dienone is 1. The van der Waals surface area contributed by atoms with Crippen LogP contribution in [-0.2, 0) is 11.4 Å². The molecule has 0 saturated carbocycles. The molecule has 0 radical (unpaired) electrons. The number of nitrogens with zero attached hydrogens (tertiary/aromatic N) is 3. The Morgan fingerprint density at radius 2 is 1.75 bits per heavy atom. The second-order valence-electron chi connectivity index (χ2n) is 8.94. The Hall–Kier alpha value is -5.06. The van der Waals surface area contributed by atoms with Crippen LogP contribution in [-0.4, -0.2) is 42.0 Å². The van der Waals surface area contributed by atoms with Gasteiger partial charge in [0.1, 0.15) is 36.3 Å². The van der Waals surface area contributed by atoms with Crippen LogP contribution in [0.15, 0.2) is 78.3 Å². The van der Waals surface area contributed by atoms with Gasteiger partial charge in [0.2, 0.25) is 5.95 Å². The number of aromatic nitrogens is 3. The second kappa shape index (κ2) is 11.4. The summed E-state index contributed by atoms with van der Waals surface area (Å²) >= 11 is 0. The highest BCUT2D eigenvalue weighted by molar-refractivity contribution is 6.06. The number of nitrogens with one attached hydrogen (secondary N) is 2. The van der Waals surface area contributed by atoms with E-state index >= 15 is 0 Å². The van der Waals surface area contributed by atoms with Gasteiger partial charge < -0.3 is 29.6 Å². The summed E-state index contributed by atoms with van der Waals surface area (Å²) in [5.41, 5.74) is 3.07. The van der Waals surface area contributed by atoms with E-state index in [1.54, 1.807) is 54.3 Å². The number of benzene rings is 3. The first-order valence-electron chi connectivity index (χ1n) is 12.4. The maximum atomic E-state index is 13.8. The highest BCUT2D eigenvalue weighted by Gasteiger charge is 2.34. The Balaban J connectivity index is 1.47. The number of rotatable bonds is 9. The number of ether oxygens (including phenoxy) is 4. The number of hydrogen-bond donors (Lipinski definition) is 2. The monoisotopic (exact) mass is 545 g/mol. The van der Waals surface area contributed by atoms with Gasteiger partial charge in [0, 0.05) is 11.8 Å². The van der Waals surface area contributed by atoms with Crippen LogP contribution in [0.3, 0.4) is 0 Å². The molecule has 3 aromatic carbocycles. The Kier molecular flexibility index (Phi) is 7.54. The quantitative estimate of drug-likeness (QED) is 0.304. The van der Waals surface area contributed by atoms with Crippen molar-refractivity contribution in [3.63, 3.8) is 0 Å². The standard InChI is InChI=1S/C29H28FN5O5/c1-17-26(28(36)34-22-11-10-21(37-2)14-24(22)38-3)27(35-29(33-17)31-16-32-35)19-7-12-23(25(13-19)39-4)40-15-18-5-8-20(30)9-6-18/h5-14,16,27H,15H2,1-4H3,(H,34,36)(H,31,32,33)/t27-/m0/s1. The SMILES string of the molecule is COc1ccc(NC(=O)C2=C(C)Nc3ncnn3[C@H]2c2ccc(OCc3ccc(F)cc3)c(OC)c2)c(OC)c1. The van der Waals surface area contributed by atoms with Crippen LogP contribution in [0.4, 0.5) is 16.0 Å². The number of fused-ring (bicyclic) bond motifs is 1. The third kappa shape index (κ3) is 5.26. The smallest absolute Gasteiger partial charge is 0.255 e. The van der Waals surface area contributed by atoms with E-state index in [9.17, 15) is 9.18 Å². The number of carbonyl (C=O) groups is 1. The zero-order chi connectivity index (χ0) is 28.2. The summed E-state index contributed by atoms with van der Waals surface area (Å²) in [6.07, 6.45) is 1.42. The third-order valence-corrected chi connectivity index (χ3v) is 6.51. The highest BCUT2D eigenvalue weighted by atomic mass is 19.1. The molecule has 0 spiro atoms. The normalized spacial score (nSPS) is 14.2. The first-order chi connectivity index (χ1) is 19.4. The molecule has 0 aliphatic carbocycles. The molecular weight excluding hydrogens is 517 g/mol. The van der Waals surface area contributed by atoms with Crippen LogP contribution in [0, 0.1) is 5.82 Å². The van der Waals surface area contributed by atoms with Gasteiger partial charge in [-0.3, -0.25) is 4.79 Å². The fourth-order valence-corrected chi connectivity index (χ4v) is 4.50. The average Bonchev–Trinajstić information content (AvgIpc) is 3.44. The summed E-state index contributed by atoms with van der Waals surface area (Å²) in [5, 5.41) is 10.5. The Morgan fingerprint density at radius 1 is 0.975 bits per heavy atom. The first kappa shape index (κ1) is 26.5. The van der Waals surface area contributed by atoms with Gasteiger partial charge in [0.25, 0.3) is 5.91 Å². The minimum absolute atomic E-state index is 0.229. The molecule has 206 valence electrons. The number of methoxy groups -OCH3 is 3. The Labute approximate surface area is 230 Å². The predicted octanol–water partition coefficient (Wildman–Crippen LogP) is 4.95. The van der Waals surface area contributed by atoms with Gasteiger partial charge in [-0.25, -0.2) is 9.07 Å². The molecule has 1 aliphatic heterocycles. The van der Waals surface area contributed by atoms with Gasteiger partial charge in [-0.1, -0.05) is 18.2 Å². The van der Waals surface area contributed by atoms with E-state index < -0.39 is 6.04 Å². The van der Waals surface area contributed by atoms with Crippen molar-refractivity contribution in [3.8, 4) is 23.0 Å². The maximum Gasteiger partial charge on any atom is 0.255 e. The third-order valence-electron chi connectivity index (χ3n) is 6.51. The van der Waals surface area contributed by atoms with Gasteiger partial charge in [-0.2, -0.15) is 10.1 Å². The van der Waals surface area contributed by atoms with E-state index in [1.807, 2.05) is 13.0 Å². The van der Waals surface area contributed by atoms with Crippen molar-refractivity contribution in [1.29, 1.82) is 0 Å². The molecule has 2 N–H and O–H groups in total. The molecule has 0 unspecified atom stereocenters. The van der Waals surface area contributed by atoms with Gasteiger partial charge in [-0.15, -0.1) is 0 Å². The Bertz CT molecular complexity index is 1570. The molecule has 4 aromatic rings.